The number of ether oxygens (including phenoxy) is 1. The predicted molar refractivity (Wildman–Crippen MR) is 97.9 cm³/mol. The van der Waals surface area contributed by atoms with Crippen molar-refractivity contribution < 1.29 is 23.9 Å². The molecule has 26 heavy (non-hydrogen) atoms. The predicted octanol–water partition coefficient (Wildman–Crippen LogP) is 1.25. The first-order valence-corrected chi connectivity index (χ1v) is 9.36. The van der Waals surface area contributed by atoms with E-state index in [4.69, 9.17) is 4.74 Å². The molecule has 138 valence electrons. The van der Waals surface area contributed by atoms with E-state index in [1.165, 1.54) is 24.8 Å². The van der Waals surface area contributed by atoms with Gasteiger partial charge in [0.2, 0.25) is 0 Å². The third-order valence-corrected chi connectivity index (χ3v) is 4.47. The Morgan fingerprint density at radius 2 is 1.85 bits per heavy atom. The van der Waals surface area contributed by atoms with Crippen LogP contribution in [0.15, 0.2) is 36.9 Å². The van der Waals surface area contributed by atoms with Crippen LogP contribution in [-0.4, -0.2) is 59.3 Å². The number of hydrogen-bond donors (Lipinski definition) is 1. The van der Waals surface area contributed by atoms with Crippen molar-refractivity contribution in [1.29, 1.82) is 0 Å². The molecule has 0 radical (unpaired) electrons. The van der Waals surface area contributed by atoms with Gasteiger partial charge in [0, 0.05) is 12.3 Å². The Bertz CT molecular complexity index is 714. The second-order valence-corrected chi connectivity index (χ2v) is 6.52. The monoisotopic (exact) mass is 376 g/mol. The van der Waals surface area contributed by atoms with Gasteiger partial charge in [-0.2, -0.15) is 11.8 Å². The first-order valence-electron chi connectivity index (χ1n) is 7.97. The first-order chi connectivity index (χ1) is 12.4. The number of carbonyl (C=O) groups excluding carboxylic acids is 4. The SMILES string of the molecule is C=CCNC(=O)[C@H](C)OC(=O)[C@@H](CSC)N1C(=O)c2ccccc2C1=O. The molecule has 1 aromatic rings. The number of carbonyl (C=O) groups is 4. The standard InChI is InChI=1S/C18H20N2O5S/c1-4-9-19-15(21)11(2)25-18(24)14(10-26-3)20-16(22)12-7-5-6-8-13(12)17(20)23/h4-8,11,14H,1,9-10H2,2-3H3,(H,19,21)/t11-,14+/m0/s1. The zero-order valence-corrected chi connectivity index (χ0v) is 15.4. The van der Waals surface area contributed by atoms with Gasteiger partial charge in [-0.3, -0.25) is 19.3 Å². The Kier molecular flexibility index (Phi) is 6.57. The number of esters is 1. The van der Waals surface area contributed by atoms with E-state index in [-0.39, 0.29) is 23.4 Å². The summed E-state index contributed by atoms with van der Waals surface area (Å²) < 4.78 is 5.19. The van der Waals surface area contributed by atoms with E-state index in [9.17, 15) is 19.2 Å². The molecule has 2 atom stereocenters. The molecule has 8 heteroatoms. The highest BCUT2D eigenvalue weighted by Gasteiger charge is 2.43. The van der Waals surface area contributed by atoms with Gasteiger partial charge < -0.3 is 10.1 Å². The molecular formula is C18H20N2O5S. The van der Waals surface area contributed by atoms with Crippen molar-refractivity contribution >= 4 is 35.5 Å². The lowest BCUT2D eigenvalue weighted by Gasteiger charge is -2.25. The summed E-state index contributed by atoms with van der Waals surface area (Å²) in [6, 6.07) is 5.29. The van der Waals surface area contributed by atoms with Crippen LogP contribution in [0.5, 0.6) is 0 Å². The number of thioether (sulfide) groups is 1. The van der Waals surface area contributed by atoms with Crippen LogP contribution in [0.4, 0.5) is 0 Å². The average molecular weight is 376 g/mol. The Hall–Kier alpha value is -2.61. The Labute approximate surface area is 155 Å². The van der Waals surface area contributed by atoms with Gasteiger partial charge in [-0.1, -0.05) is 18.2 Å². The van der Waals surface area contributed by atoms with Crippen LogP contribution in [0.25, 0.3) is 0 Å². The summed E-state index contributed by atoms with van der Waals surface area (Å²) in [4.78, 5) is 50.5. The molecule has 7 nitrogen and oxygen atoms in total. The summed E-state index contributed by atoms with van der Waals surface area (Å²) in [5.74, 6) is -2.18. The molecule has 0 aliphatic carbocycles. The van der Waals surface area contributed by atoms with Gasteiger partial charge >= 0.3 is 5.97 Å². The van der Waals surface area contributed by atoms with Gasteiger partial charge in [0.1, 0.15) is 6.04 Å². The lowest BCUT2D eigenvalue weighted by atomic mass is 10.1. The molecule has 0 aromatic heterocycles. The van der Waals surface area contributed by atoms with Gasteiger partial charge in [-0.05, 0) is 25.3 Å². The van der Waals surface area contributed by atoms with E-state index >= 15 is 0 Å². The minimum Gasteiger partial charge on any atom is -0.451 e. The van der Waals surface area contributed by atoms with Crippen molar-refractivity contribution in [2.75, 3.05) is 18.6 Å². The van der Waals surface area contributed by atoms with E-state index in [0.717, 1.165) is 4.90 Å². The third-order valence-electron chi connectivity index (χ3n) is 3.82. The quantitative estimate of drug-likeness (QED) is 0.417. The topological polar surface area (TPSA) is 92.8 Å². The highest BCUT2D eigenvalue weighted by atomic mass is 32.2. The largest absolute Gasteiger partial charge is 0.451 e. The number of benzene rings is 1. The summed E-state index contributed by atoms with van der Waals surface area (Å²) in [5, 5.41) is 2.52. The van der Waals surface area contributed by atoms with E-state index in [0.29, 0.717) is 0 Å². The van der Waals surface area contributed by atoms with Crippen molar-refractivity contribution in [3.8, 4) is 0 Å². The molecule has 0 spiro atoms. The summed E-state index contributed by atoms with van der Waals surface area (Å²) >= 11 is 1.30. The van der Waals surface area contributed by atoms with Crippen LogP contribution in [0.3, 0.4) is 0 Å². The highest BCUT2D eigenvalue weighted by molar-refractivity contribution is 7.98. The lowest BCUT2D eigenvalue weighted by molar-refractivity contribution is -0.157. The molecule has 1 aliphatic heterocycles. The second-order valence-electron chi connectivity index (χ2n) is 5.61. The molecule has 1 aliphatic rings. The maximum absolute atomic E-state index is 12.6. The fourth-order valence-electron chi connectivity index (χ4n) is 2.52. The molecule has 0 fully saturated rings. The Morgan fingerprint density at radius 1 is 1.27 bits per heavy atom. The van der Waals surface area contributed by atoms with Crippen LogP contribution < -0.4 is 5.32 Å². The van der Waals surface area contributed by atoms with Crippen molar-refractivity contribution in [1.82, 2.24) is 10.2 Å². The van der Waals surface area contributed by atoms with Gasteiger partial charge in [0.25, 0.3) is 17.7 Å². The normalized spacial score (nSPS) is 15.2. The number of hydrogen-bond acceptors (Lipinski definition) is 6. The van der Waals surface area contributed by atoms with E-state index in [1.807, 2.05) is 0 Å². The molecule has 2 rings (SSSR count). The molecule has 0 saturated carbocycles. The maximum Gasteiger partial charge on any atom is 0.331 e. The fourth-order valence-corrected chi connectivity index (χ4v) is 3.12. The van der Waals surface area contributed by atoms with Gasteiger partial charge in [0.15, 0.2) is 6.10 Å². The number of amides is 3. The number of nitrogens with zero attached hydrogens (tertiary/aromatic N) is 1. The van der Waals surface area contributed by atoms with E-state index in [1.54, 1.807) is 30.5 Å². The van der Waals surface area contributed by atoms with Crippen molar-refractivity contribution in [3.05, 3.63) is 48.0 Å². The molecule has 0 bridgehead atoms. The summed E-state index contributed by atoms with van der Waals surface area (Å²) in [6.45, 7) is 5.16. The first kappa shape index (κ1) is 19.7. The molecular weight excluding hydrogens is 356 g/mol. The minimum atomic E-state index is -1.10. The van der Waals surface area contributed by atoms with Gasteiger partial charge in [-0.15, -0.1) is 6.58 Å². The molecule has 0 unspecified atom stereocenters. The summed E-state index contributed by atoms with van der Waals surface area (Å²) in [7, 11) is 0. The molecule has 1 aromatic carbocycles. The molecule has 1 heterocycles. The number of imide groups is 1. The zero-order chi connectivity index (χ0) is 19.3. The van der Waals surface area contributed by atoms with Crippen LogP contribution in [0.2, 0.25) is 0 Å². The molecule has 1 N–H and O–H groups in total. The summed E-state index contributed by atoms with van der Waals surface area (Å²) in [5.41, 5.74) is 0.515. The zero-order valence-electron chi connectivity index (χ0n) is 14.6. The van der Waals surface area contributed by atoms with Gasteiger partial charge in [-0.25, -0.2) is 4.79 Å². The van der Waals surface area contributed by atoms with Crippen molar-refractivity contribution in [2.24, 2.45) is 0 Å². The fraction of sp³-hybridized carbons (Fsp3) is 0.333. The van der Waals surface area contributed by atoms with Crippen LogP contribution in [0, 0.1) is 0 Å². The number of fused-ring (bicyclic) bond motifs is 1. The second kappa shape index (κ2) is 8.66. The van der Waals surface area contributed by atoms with Gasteiger partial charge in [0.05, 0.1) is 11.1 Å². The van der Waals surface area contributed by atoms with Crippen LogP contribution in [-0.2, 0) is 14.3 Å². The van der Waals surface area contributed by atoms with Crippen LogP contribution >= 0.6 is 11.8 Å². The Morgan fingerprint density at radius 3 is 2.35 bits per heavy atom. The lowest BCUT2D eigenvalue weighted by Crippen LogP contribution is -2.49. The maximum atomic E-state index is 12.6. The number of nitrogens with one attached hydrogen (secondary N) is 1. The van der Waals surface area contributed by atoms with Crippen molar-refractivity contribution in [2.45, 2.75) is 19.1 Å². The third kappa shape index (κ3) is 3.96. The summed E-state index contributed by atoms with van der Waals surface area (Å²) in [6.07, 6.45) is 2.20. The minimum absolute atomic E-state index is 0.172. The molecule has 0 saturated heterocycles. The number of rotatable bonds is 8. The average Bonchev–Trinajstić information content (AvgIpc) is 2.88. The highest BCUT2D eigenvalue weighted by Crippen LogP contribution is 2.26. The Balaban J connectivity index is 2.17. The van der Waals surface area contributed by atoms with E-state index in [2.05, 4.69) is 11.9 Å². The van der Waals surface area contributed by atoms with Crippen molar-refractivity contribution in [3.63, 3.8) is 0 Å². The smallest absolute Gasteiger partial charge is 0.331 e. The van der Waals surface area contributed by atoms with Crippen LogP contribution in [0.1, 0.15) is 27.6 Å². The molecule has 3 amide bonds. The van der Waals surface area contributed by atoms with E-state index < -0.39 is 35.8 Å².